The lowest BCUT2D eigenvalue weighted by Gasteiger charge is -2.03. The van der Waals surface area contributed by atoms with Gasteiger partial charge in [-0.15, -0.1) is 0 Å². The van der Waals surface area contributed by atoms with Crippen LogP contribution in [0.5, 0.6) is 0 Å². The number of hydrogen-bond donors (Lipinski definition) is 2. The Morgan fingerprint density at radius 3 is 2.57 bits per heavy atom. The van der Waals surface area contributed by atoms with Crippen LogP contribution >= 0.6 is 0 Å². The zero-order chi connectivity index (χ0) is 10.8. The van der Waals surface area contributed by atoms with E-state index < -0.39 is 5.97 Å². The van der Waals surface area contributed by atoms with Gasteiger partial charge in [0.1, 0.15) is 0 Å². The van der Waals surface area contributed by atoms with E-state index in [1.165, 1.54) is 0 Å². The fourth-order valence-corrected chi connectivity index (χ4v) is 0.913. The topological polar surface area (TPSA) is 75.6 Å². The Balaban J connectivity index is 3.13. The number of aliphatic carboxylic acids is 1. The van der Waals surface area contributed by atoms with Crippen molar-refractivity contribution in [3.63, 3.8) is 0 Å². The number of hydrogen-bond acceptors (Lipinski definition) is 4. The molecule has 0 aromatic rings. The number of carbonyl (C=O) groups is 2. The Labute approximate surface area is 83.4 Å². The van der Waals surface area contributed by atoms with E-state index in [4.69, 9.17) is 9.84 Å². The molecule has 5 heteroatoms. The summed E-state index contributed by atoms with van der Waals surface area (Å²) >= 11 is 0. The van der Waals surface area contributed by atoms with Crippen LogP contribution < -0.4 is 5.32 Å². The molecule has 0 rings (SSSR count). The van der Waals surface area contributed by atoms with Crippen molar-refractivity contribution in [3.8, 4) is 0 Å². The predicted octanol–water partition coefficient (Wildman–Crippen LogP) is 0.394. The van der Waals surface area contributed by atoms with Gasteiger partial charge >= 0.3 is 11.9 Å². The third-order valence-electron chi connectivity index (χ3n) is 1.56. The van der Waals surface area contributed by atoms with Gasteiger partial charge in [-0.2, -0.15) is 0 Å². The maximum Gasteiger partial charge on any atom is 0.307 e. The molecule has 0 bridgehead atoms. The first-order chi connectivity index (χ1) is 6.66. The highest BCUT2D eigenvalue weighted by Gasteiger charge is 2.00. The maximum atomic E-state index is 10.8. The summed E-state index contributed by atoms with van der Waals surface area (Å²) < 4.78 is 4.71. The number of carboxylic acid groups (broad SMARTS) is 1. The van der Waals surface area contributed by atoms with Crippen LogP contribution in [0.4, 0.5) is 0 Å². The Kier molecular flexibility index (Phi) is 7.83. The molecule has 0 aliphatic carbocycles. The number of ether oxygens (including phenoxy) is 1. The van der Waals surface area contributed by atoms with Crippen molar-refractivity contribution in [1.82, 2.24) is 5.32 Å². The molecule has 0 saturated carbocycles. The second kappa shape index (κ2) is 8.50. The minimum atomic E-state index is -0.794. The van der Waals surface area contributed by atoms with E-state index in [1.807, 2.05) is 0 Å². The van der Waals surface area contributed by atoms with E-state index in [9.17, 15) is 9.59 Å². The van der Waals surface area contributed by atoms with Crippen LogP contribution in [0.2, 0.25) is 0 Å². The highest BCUT2D eigenvalue weighted by atomic mass is 16.5. The summed E-state index contributed by atoms with van der Waals surface area (Å²) in [5.41, 5.74) is 0. The minimum Gasteiger partial charge on any atom is -0.481 e. The van der Waals surface area contributed by atoms with Crippen molar-refractivity contribution in [2.75, 3.05) is 19.7 Å². The van der Waals surface area contributed by atoms with Crippen molar-refractivity contribution in [3.05, 3.63) is 0 Å². The molecule has 0 heterocycles. The lowest BCUT2D eigenvalue weighted by molar-refractivity contribution is -0.143. The first-order valence-corrected chi connectivity index (χ1v) is 4.75. The normalized spacial score (nSPS) is 9.79. The molecule has 0 radical (unpaired) electrons. The Morgan fingerprint density at radius 1 is 1.29 bits per heavy atom. The summed E-state index contributed by atoms with van der Waals surface area (Å²) in [6, 6.07) is 0. The van der Waals surface area contributed by atoms with Crippen LogP contribution in [0.1, 0.15) is 26.2 Å². The molecule has 0 aliphatic rings. The Morgan fingerprint density at radius 2 is 2.00 bits per heavy atom. The molecule has 0 aromatic heterocycles. The number of carbonyl (C=O) groups excluding carboxylic acids is 1. The molecule has 0 spiro atoms. The van der Waals surface area contributed by atoms with Gasteiger partial charge in [0.2, 0.25) is 0 Å². The molecule has 5 nitrogen and oxygen atoms in total. The number of esters is 1. The maximum absolute atomic E-state index is 10.8. The fourth-order valence-electron chi connectivity index (χ4n) is 0.913. The SMILES string of the molecule is CCOC(=O)CCNCCCC(=O)O. The second-order valence-electron chi connectivity index (χ2n) is 2.80. The fraction of sp³-hybridized carbons (Fsp3) is 0.778. The summed E-state index contributed by atoms with van der Waals surface area (Å²) in [5, 5.41) is 11.3. The summed E-state index contributed by atoms with van der Waals surface area (Å²) in [6.45, 7) is 3.32. The van der Waals surface area contributed by atoms with Crippen molar-refractivity contribution < 1.29 is 19.4 Å². The standard InChI is InChI=1S/C9H17NO4/c1-2-14-9(13)5-7-10-6-3-4-8(11)12/h10H,2-7H2,1H3,(H,11,12). The zero-order valence-electron chi connectivity index (χ0n) is 8.41. The van der Waals surface area contributed by atoms with Crippen molar-refractivity contribution in [1.29, 1.82) is 0 Å². The van der Waals surface area contributed by atoms with Gasteiger partial charge < -0.3 is 15.2 Å². The molecule has 82 valence electrons. The van der Waals surface area contributed by atoms with Crippen molar-refractivity contribution >= 4 is 11.9 Å². The van der Waals surface area contributed by atoms with Gasteiger partial charge in [0.25, 0.3) is 0 Å². The minimum absolute atomic E-state index is 0.159. The number of rotatable bonds is 8. The third-order valence-corrected chi connectivity index (χ3v) is 1.56. The monoisotopic (exact) mass is 203 g/mol. The smallest absolute Gasteiger partial charge is 0.307 e. The van der Waals surface area contributed by atoms with Crippen LogP contribution in [-0.2, 0) is 14.3 Å². The van der Waals surface area contributed by atoms with Gasteiger partial charge in [0.15, 0.2) is 0 Å². The van der Waals surface area contributed by atoms with E-state index in [1.54, 1.807) is 6.92 Å². The molecule has 0 fully saturated rings. The molecule has 2 N–H and O–H groups in total. The summed E-state index contributed by atoms with van der Waals surface area (Å²) in [6.07, 6.45) is 1.07. The Hall–Kier alpha value is -1.10. The van der Waals surface area contributed by atoms with E-state index >= 15 is 0 Å². The lowest BCUT2D eigenvalue weighted by Crippen LogP contribution is -2.21. The van der Waals surface area contributed by atoms with Gasteiger partial charge in [-0.3, -0.25) is 9.59 Å². The molecule has 0 aromatic carbocycles. The van der Waals surface area contributed by atoms with Crippen LogP contribution in [0.3, 0.4) is 0 Å². The molecule has 0 atom stereocenters. The highest BCUT2D eigenvalue weighted by Crippen LogP contribution is 1.87. The largest absolute Gasteiger partial charge is 0.481 e. The second-order valence-corrected chi connectivity index (χ2v) is 2.80. The quantitative estimate of drug-likeness (QED) is 0.441. The van der Waals surface area contributed by atoms with E-state index in [2.05, 4.69) is 5.32 Å². The van der Waals surface area contributed by atoms with E-state index in [0.29, 0.717) is 32.5 Å². The first-order valence-electron chi connectivity index (χ1n) is 4.75. The number of carboxylic acids is 1. The van der Waals surface area contributed by atoms with Gasteiger partial charge in [0, 0.05) is 13.0 Å². The van der Waals surface area contributed by atoms with Gasteiger partial charge in [-0.1, -0.05) is 0 Å². The number of nitrogens with one attached hydrogen (secondary N) is 1. The summed E-state index contributed by atoms with van der Waals surface area (Å²) in [4.78, 5) is 21.0. The average Bonchev–Trinajstić information content (AvgIpc) is 2.11. The van der Waals surface area contributed by atoms with Crippen LogP contribution in [0.15, 0.2) is 0 Å². The molecule has 0 amide bonds. The Bertz CT molecular complexity index is 182. The van der Waals surface area contributed by atoms with Crippen LogP contribution in [0.25, 0.3) is 0 Å². The van der Waals surface area contributed by atoms with Gasteiger partial charge in [-0.25, -0.2) is 0 Å². The molecule has 0 saturated heterocycles. The third kappa shape index (κ3) is 8.99. The molecule has 0 aliphatic heterocycles. The van der Waals surface area contributed by atoms with Gasteiger partial charge in [-0.05, 0) is 19.9 Å². The predicted molar refractivity (Wildman–Crippen MR) is 51.0 cm³/mol. The van der Waals surface area contributed by atoms with Crippen molar-refractivity contribution in [2.24, 2.45) is 0 Å². The average molecular weight is 203 g/mol. The van der Waals surface area contributed by atoms with E-state index in [-0.39, 0.29) is 12.4 Å². The molecular weight excluding hydrogens is 186 g/mol. The summed E-state index contributed by atoms with van der Waals surface area (Å²) in [7, 11) is 0. The highest BCUT2D eigenvalue weighted by molar-refractivity contribution is 5.69. The van der Waals surface area contributed by atoms with Crippen LogP contribution in [0, 0.1) is 0 Å². The van der Waals surface area contributed by atoms with Crippen LogP contribution in [-0.4, -0.2) is 36.7 Å². The van der Waals surface area contributed by atoms with Crippen molar-refractivity contribution in [2.45, 2.75) is 26.2 Å². The first kappa shape index (κ1) is 12.9. The molecular formula is C9H17NO4. The van der Waals surface area contributed by atoms with Gasteiger partial charge in [0.05, 0.1) is 13.0 Å². The molecule has 14 heavy (non-hydrogen) atoms. The van der Waals surface area contributed by atoms with E-state index in [0.717, 1.165) is 0 Å². The molecule has 0 unspecified atom stereocenters. The zero-order valence-corrected chi connectivity index (χ0v) is 8.41. The lowest BCUT2D eigenvalue weighted by atomic mass is 10.3. The summed E-state index contributed by atoms with van der Waals surface area (Å²) in [5.74, 6) is -1.02.